The first kappa shape index (κ1) is 16.8. The number of phenols is 1. The third kappa shape index (κ3) is 4.24. The molecule has 1 aliphatic rings. The first-order valence-electron chi connectivity index (χ1n) is 7.17. The van der Waals surface area contributed by atoms with E-state index >= 15 is 0 Å². The smallest absolute Gasteiger partial charge is 0.121 e. The van der Waals surface area contributed by atoms with Crippen LogP contribution in [0.2, 0.25) is 10.0 Å². The topological polar surface area (TPSA) is 58.7 Å². The first-order chi connectivity index (χ1) is 10.0. The second-order valence-corrected chi connectivity index (χ2v) is 6.34. The Hall–Kier alpha value is -0.520. The number of rotatable bonds is 5. The maximum absolute atomic E-state index is 10.0. The van der Waals surface area contributed by atoms with Gasteiger partial charge < -0.3 is 20.5 Å². The molecule has 21 heavy (non-hydrogen) atoms. The van der Waals surface area contributed by atoms with Gasteiger partial charge in [-0.1, -0.05) is 23.2 Å². The van der Waals surface area contributed by atoms with Gasteiger partial charge >= 0.3 is 0 Å². The fourth-order valence-electron chi connectivity index (χ4n) is 2.83. The van der Waals surface area contributed by atoms with Crippen molar-refractivity contribution in [3.63, 3.8) is 0 Å². The minimum atomic E-state index is -0.218. The van der Waals surface area contributed by atoms with Crippen LogP contribution >= 0.6 is 23.2 Å². The minimum absolute atomic E-state index is 0.124. The molecule has 118 valence electrons. The van der Waals surface area contributed by atoms with E-state index in [0.29, 0.717) is 21.5 Å². The highest BCUT2D eigenvalue weighted by atomic mass is 35.5. The summed E-state index contributed by atoms with van der Waals surface area (Å²) in [5, 5.41) is 10.8. The minimum Gasteiger partial charge on any atom is -0.508 e. The molecule has 0 spiro atoms. The Morgan fingerprint density at radius 1 is 1.33 bits per heavy atom. The molecule has 1 atom stereocenters. The van der Waals surface area contributed by atoms with Crippen molar-refractivity contribution in [2.75, 3.05) is 33.4 Å². The maximum Gasteiger partial charge on any atom is 0.121 e. The van der Waals surface area contributed by atoms with Crippen molar-refractivity contribution in [1.29, 1.82) is 0 Å². The number of halogens is 2. The summed E-state index contributed by atoms with van der Waals surface area (Å²) in [6, 6.07) is 2.93. The number of methoxy groups -OCH3 is 1. The van der Waals surface area contributed by atoms with Crippen molar-refractivity contribution in [2.24, 2.45) is 11.7 Å². The van der Waals surface area contributed by atoms with Gasteiger partial charge in [0.1, 0.15) is 5.75 Å². The fraction of sp³-hybridized carbons (Fsp3) is 0.600. The quantitative estimate of drug-likeness (QED) is 0.869. The molecular weight excluding hydrogens is 311 g/mol. The third-order valence-electron chi connectivity index (χ3n) is 4.18. The van der Waals surface area contributed by atoms with E-state index in [4.69, 9.17) is 33.7 Å². The van der Waals surface area contributed by atoms with E-state index < -0.39 is 0 Å². The van der Waals surface area contributed by atoms with Crippen LogP contribution in [0.1, 0.15) is 24.4 Å². The van der Waals surface area contributed by atoms with Gasteiger partial charge in [-0.15, -0.1) is 0 Å². The molecule has 0 bridgehead atoms. The molecule has 1 aliphatic heterocycles. The van der Waals surface area contributed by atoms with Gasteiger partial charge in [0.25, 0.3) is 0 Å². The van der Waals surface area contributed by atoms with Crippen LogP contribution in [0.5, 0.6) is 5.75 Å². The van der Waals surface area contributed by atoms with Gasteiger partial charge in [-0.3, -0.25) is 0 Å². The lowest BCUT2D eigenvalue weighted by Crippen LogP contribution is -2.39. The maximum atomic E-state index is 10.0. The van der Waals surface area contributed by atoms with Crippen molar-refractivity contribution in [1.82, 2.24) is 4.90 Å². The van der Waals surface area contributed by atoms with Gasteiger partial charge in [0.2, 0.25) is 0 Å². The fourth-order valence-corrected chi connectivity index (χ4v) is 3.16. The second kappa shape index (κ2) is 7.65. The molecule has 2 rings (SSSR count). The SMILES string of the molecule is COCCN1CCC(C(N)c2cc(Cl)c(Cl)cc2O)CC1. The highest BCUT2D eigenvalue weighted by molar-refractivity contribution is 6.42. The molecule has 3 N–H and O–H groups in total. The summed E-state index contributed by atoms with van der Waals surface area (Å²) < 4.78 is 5.10. The lowest BCUT2D eigenvalue weighted by atomic mass is 9.85. The van der Waals surface area contributed by atoms with Crippen LogP contribution in [0, 0.1) is 5.92 Å². The molecule has 0 aromatic heterocycles. The molecule has 0 saturated carbocycles. The normalized spacial score (nSPS) is 18.9. The first-order valence-corrected chi connectivity index (χ1v) is 7.93. The zero-order chi connectivity index (χ0) is 15.4. The molecule has 1 aromatic carbocycles. The number of phenolic OH excluding ortho intramolecular Hbond substituents is 1. The van der Waals surface area contributed by atoms with Crippen molar-refractivity contribution >= 4 is 23.2 Å². The summed E-state index contributed by atoms with van der Waals surface area (Å²) in [4.78, 5) is 2.38. The number of hydrogen-bond acceptors (Lipinski definition) is 4. The van der Waals surface area contributed by atoms with E-state index in [0.717, 1.165) is 39.1 Å². The summed E-state index contributed by atoms with van der Waals surface area (Å²) in [6.45, 7) is 3.72. The van der Waals surface area contributed by atoms with Crippen LogP contribution in [-0.4, -0.2) is 43.4 Å². The summed E-state index contributed by atoms with van der Waals surface area (Å²) in [7, 11) is 1.72. The predicted octanol–water partition coefficient (Wildman–Crippen LogP) is 3.06. The standard InChI is InChI=1S/C15H22Cl2N2O2/c1-21-7-6-19-4-2-10(3-5-19)15(18)11-8-12(16)13(17)9-14(11)20/h8-10,15,20H,2-7,18H2,1H3. The molecule has 0 radical (unpaired) electrons. The Balaban J connectivity index is 1.99. The number of likely N-dealkylation sites (tertiary alicyclic amines) is 1. The molecule has 4 nitrogen and oxygen atoms in total. The zero-order valence-corrected chi connectivity index (χ0v) is 13.7. The van der Waals surface area contributed by atoms with Crippen molar-refractivity contribution < 1.29 is 9.84 Å². The molecule has 1 heterocycles. The highest BCUT2D eigenvalue weighted by Crippen LogP contribution is 2.37. The predicted molar refractivity (Wildman–Crippen MR) is 86.1 cm³/mol. The molecule has 1 saturated heterocycles. The Labute approximate surface area is 135 Å². The van der Waals surface area contributed by atoms with E-state index in [1.807, 2.05) is 0 Å². The van der Waals surface area contributed by atoms with Gasteiger partial charge in [0, 0.05) is 31.3 Å². The van der Waals surface area contributed by atoms with Crippen molar-refractivity contribution in [2.45, 2.75) is 18.9 Å². The molecular formula is C15H22Cl2N2O2. The van der Waals surface area contributed by atoms with E-state index in [9.17, 15) is 5.11 Å². The number of aromatic hydroxyl groups is 1. The monoisotopic (exact) mass is 332 g/mol. The average molecular weight is 333 g/mol. The Morgan fingerprint density at radius 3 is 2.57 bits per heavy atom. The summed E-state index contributed by atoms with van der Waals surface area (Å²) in [5.74, 6) is 0.464. The van der Waals surface area contributed by atoms with E-state index in [1.165, 1.54) is 6.07 Å². The van der Waals surface area contributed by atoms with Crippen LogP contribution < -0.4 is 5.73 Å². The number of piperidine rings is 1. The van der Waals surface area contributed by atoms with Crippen molar-refractivity contribution in [3.8, 4) is 5.75 Å². The third-order valence-corrected chi connectivity index (χ3v) is 4.90. The number of hydrogen-bond donors (Lipinski definition) is 2. The highest BCUT2D eigenvalue weighted by Gasteiger charge is 2.27. The lowest BCUT2D eigenvalue weighted by molar-refractivity contribution is 0.114. The van der Waals surface area contributed by atoms with Gasteiger partial charge in [0.15, 0.2) is 0 Å². The molecule has 1 unspecified atom stereocenters. The van der Waals surface area contributed by atoms with Crippen molar-refractivity contribution in [3.05, 3.63) is 27.7 Å². The van der Waals surface area contributed by atoms with Gasteiger partial charge in [-0.2, -0.15) is 0 Å². The number of ether oxygens (including phenoxy) is 1. The van der Waals surface area contributed by atoms with Crippen LogP contribution in [0.4, 0.5) is 0 Å². The summed E-state index contributed by atoms with van der Waals surface area (Å²) >= 11 is 11.9. The number of benzene rings is 1. The zero-order valence-electron chi connectivity index (χ0n) is 12.2. The molecule has 1 aromatic rings. The van der Waals surface area contributed by atoms with Crippen LogP contribution in [0.3, 0.4) is 0 Å². The van der Waals surface area contributed by atoms with Gasteiger partial charge in [0.05, 0.1) is 16.7 Å². The molecule has 6 heteroatoms. The summed E-state index contributed by atoms with van der Waals surface area (Å²) in [6.07, 6.45) is 2.01. The van der Waals surface area contributed by atoms with E-state index in [2.05, 4.69) is 4.90 Å². The number of nitrogens with zero attached hydrogens (tertiary/aromatic N) is 1. The van der Waals surface area contributed by atoms with E-state index in [1.54, 1.807) is 13.2 Å². The molecule has 0 aliphatic carbocycles. The van der Waals surface area contributed by atoms with Gasteiger partial charge in [-0.05, 0) is 37.9 Å². The molecule has 0 amide bonds. The average Bonchev–Trinajstić information content (AvgIpc) is 2.48. The Kier molecular flexibility index (Phi) is 6.14. The summed E-state index contributed by atoms with van der Waals surface area (Å²) in [5.41, 5.74) is 7.01. The van der Waals surface area contributed by atoms with E-state index in [-0.39, 0.29) is 11.8 Å². The van der Waals surface area contributed by atoms with Crippen LogP contribution in [-0.2, 0) is 4.74 Å². The number of nitrogens with two attached hydrogens (primary N) is 1. The van der Waals surface area contributed by atoms with Gasteiger partial charge in [-0.25, -0.2) is 0 Å². The van der Waals surface area contributed by atoms with Crippen LogP contribution in [0.25, 0.3) is 0 Å². The lowest BCUT2D eigenvalue weighted by Gasteiger charge is -2.35. The van der Waals surface area contributed by atoms with Crippen LogP contribution in [0.15, 0.2) is 12.1 Å². The second-order valence-electron chi connectivity index (χ2n) is 5.52. The largest absolute Gasteiger partial charge is 0.508 e. The Morgan fingerprint density at radius 2 is 1.95 bits per heavy atom. The Bertz CT molecular complexity index is 477. The molecule has 1 fully saturated rings.